The molecule has 0 heterocycles. The van der Waals surface area contributed by atoms with Gasteiger partial charge in [-0.15, -0.1) is 0 Å². The predicted molar refractivity (Wildman–Crippen MR) is 90.6 cm³/mol. The molecule has 1 N–H and O–H groups in total. The minimum Gasteiger partial charge on any atom is -0.322 e. The molecular formula is C16H14Br2FNO. The quantitative estimate of drug-likeness (QED) is 0.672. The summed E-state index contributed by atoms with van der Waals surface area (Å²) in [5.41, 5.74) is 2.32. The Kier molecular flexibility index (Phi) is 5.94. The van der Waals surface area contributed by atoms with Crippen LogP contribution in [0.1, 0.15) is 22.3 Å². The number of carbonyl (C=O) groups is 1. The second kappa shape index (κ2) is 7.71. The standard InChI is InChI=1S/C16H14Br2FNO/c17-8-2-4-11-3-1-5-13(9-11)20-16(21)14-7-6-12(19)10-15(14)18/h1,3,5-7,9-10H,2,4,8H2,(H,20,21). The van der Waals surface area contributed by atoms with Gasteiger partial charge in [-0.05, 0) is 64.7 Å². The van der Waals surface area contributed by atoms with Crippen molar-refractivity contribution >= 4 is 43.5 Å². The van der Waals surface area contributed by atoms with Crippen molar-refractivity contribution in [2.24, 2.45) is 0 Å². The molecule has 2 rings (SSSR count). The average Bonchev–Trinajstić information content (AvgIpc) is 2.45. The SMILES string of the molecule is O=C(Nc1cccc(CCCBr)c1)c1ccc(F)cc1Br. The molecule has 0 radical (unpaired) electrons. The molecule has 0 aromatic heterocycles. The molecule has 2 aromatic carbocycles. The van der Waals surface area contributed by atoms with Gasteiger partial charge in [-0.1, -0.05) is 28.1 Å². The normalized spacial score (nSPS) is 10.4. The van der Waals surface area contributed by atoms with Crippen molar-refractivity contribution in [1.82, 2.24) is 0 Å². The summed E-state index contributed by atoms with van der Waals surface area (Å²) in [7, 11) is 0. The third-order valence-corrected chi connectivity index (χ3v) is 4.18. The monoisotopic (exact) mass is 413 g/mol. The Hall–Kier alpha value is -1.20. The Morgan fingerprint density at radius 1 is 1.19 bits per heavy atom. The van der Waals surface area contributed by atoms with E-state index in [2.05, 4.69) is 37.2 Å². The lowest BCUT2D eigenvalue weighted by molar-refractivity contribution is 0.102. The molecular weight excluding hydrogens is 401 g/mol. The van der Waals surface area contributed by atoms with E-state index in [1.54, 1.807) is 0 Å². The first-order valence-corrected chi connectivity index (χ1v) is 8.43. The summed E-state index contributed by atoms with van der Waals surface area (Å²) in [4.78, 5) is 12.2. The van der Waals surface area contributed by atoms with Crippen molar-refractivity contribution in [3.05, 3.63) is 63.9 Å². The summed E-state index contributed by atoms with van der Waals surface area (Å²) in [5.74, 6) is -0.644. The maximum absolute atomic E-state index is 13.0. The van der Waals surface area contributed by atoms with E-state index in [0.29, 0.717) is 10.0 Å². The van der Waals surface area contributed by atoms with E-state index in [4.69, 9.17) is 0 Å². The van der Waals surface area contributed by atoms with Crippen LogP contribution in [0.25, 0.3) is 0 Å². The lowest BCUT2D eigenvalue weighted by atomic mass is 10.1. The molecule has 110 valence electrons. The number of rotatable bonds is 5. The smallest absolute Gasteiger partial charge is 0.256 e. The fraction of sp³-hybridized carbons (Fsp3) is 0.188. The van der Waals surface area contributed by atoms with Gasteiger partial charge >= 0.3 is 0 Å². The van der Waals surface area contributed by atoms with Crippen molar-refractivity contribution in [2.75, 3.05) is 10.6 Å². The molecule has 0 aliphatic rings. The van der Waals surface area contributed by atoms with Crippen LogP contribution in [0, 0.1) is 5.82 Å². The molecule has 0 spiro atoms. The number of hydrogen-bond acceptors (Lipinski definition) is 1. The van der Waals surface area contributed by atoms with Gasteiger partial charge in [0.2, 0.25) is 0 Å². The van der Waals surface area contributed by atoms with Crippen LogP contribution in [0.3, 0.4) is 0 Å². The second-order valence-corrected chi connectivity index (χ2v) is 6.22. The molecule has 0 saturated heterocycles. The Bertz CT molecular complexity index is 646. The van der Waals surface area contributed by atoms with E-state index >= 15 is 0 Å². The van der Waals surface area contributed by atoms with Crippen molar-refractivity contribution in [2.45, 2.75) is 12.8 Å². The minimum atomic E-state index is -0.379. The van der Waals surface area contributed by atoms with Gasteiger partial charge in [0, 0.05) is 15.5 Å². The average molecular weight is 415 g/mol. The van der Waals surface area contributed by atoms with Crippen molar-refractivity contribution < 1.29 is 9.18 Å². The van der Waals surface area contributed by atoms with Gasteiger partial charge in [0.1, 0.15) is 5.82 Å². The van der Waals surface area contributed by atoms with Crippen molar-refractivity contribution in [3.63, 3.8) is 0 Å². The third-order valence-electron chi connectivity index (χ3n) is 2.96. The number of amides is 1. The zero-order chi connectivity index (χ0) is 15.2. The third kappa shape index (κ3) is 4.64. The number of hydrogen-bond donors (Lipinski definition) is 1. The van der Waals surface area contributed by atoms with Crippen LogP contribution in [-0.2, 0) is 6.42 Å². The maximum Gasteiger partial charge on any atom is 0.256 e. The maximum atomic E-state index is 13.0. The molecule has 0 bridgehead atoms. The molecule has 5 heteroatoms. The number of halogens is 3. The molecule has 0 saturated carbocycles. The lowest BCUT2D eigenvalue weighted by Gasteiger charge is -2.08. The van der Waals surface area contributed by atoms with Crippen molar-refractivity contribution in [1.29, 1.82) is 0 Å². The number of nitrogens with one attached hydrogen (secondary N) is 1. The van der Waals surface area contributed by atoms with Crippen LogP contribution in [0.5, 0.6) is 0 Å². The molecule has 0 atom stereocenters. The van der Waals surface area contributed by atoms with Crippen LogP contribution < -0.4 is 5.32 Å². The zero-order valence-corrected chi connectivity index (χ0v) is 14.4. The number of benzene rings is 2. The van der Waals surface area contributed by atoms with Crippen LogP contribution in [0.15, 0.2) is 46.9 Å². The Labute approximate surface area is 140 Å². The van der Waals surface area contributed by atoms with Gasteiger partial charge in [0.05, 0.1) is 5.56 Å². The number of carbonyl (C=O) groups excluding carboxylic acids is 1. The highest BCUT2D eigenvalue weighted by molar-refractivity contribution is 9.10. The van der Waals surface area contributed by atoms with Crippen molar-refractivity contribution in [3.8, 4) is 0 Å². The Morgan fingerprint density at radius 2 is 2.00 bits per heavy atom. The van der Waals surface area contributed by atoms with Crippen LogP contribution in [-0.4, -0.2) is 11.2 Å². The summed E-state index contributed by atoms with van der Waals surface area (Å²) in [5, 5.41) is 3.78. The van der Waals surface area contributed by atoms with E-state index in [0.717, 1.165) is 23.9 Å². The summed E-state index contributed by atoms with van der Waals surface area (Å²) in [6, 6.07) is 11.8. The van der Waals surface area contributed by atoms with Gasteiger partial charge in [-0.3, -0.25) is 4.79 Å². The number of alkyl halides is 1. The Balaban J connectivity index is 2.12. The number of aryl methyl sites for hydroxylation is 1. The van der Waals surface area contributed by atoms with Gasteiger partial charge < -0.3 is 5.32 Å². The molecule has 21 heavy (non-hydrogen) atoms. The fourth-order valence-corrected chi connectivity index (χ4v) is 2.76. The molecule has 2 nitrogen and oxygen atoms in total. The van der Waals surface area contributed by atoms with E-state index in [1.807, 2.05) is 24.3 Å². The lowest BCUT2D eigenvalue weighted by Crippen LogP contribution is -2.12. The summed E-state index contributed by atoms with van der Waals surface area (Å²) in [6.07, 6.45) is 2.00. The first-order valence-electron chi connectivity index (χ1n) is 6.51. The van der Waals surface area contributed by atoms with Crippen LogP contribution >= 0.6 is 31.9 Å². The topological polar surface area (TPSA) is 29.1 Å². The van der Waals surface area contributed by atoms with Crippen LogP contribution in [0.2, 0.25) is 0 Å². The largest absolute Gasteiger partial charge is 0.322 e. The second-order valence-electron chi connectivity index (χ2n) is 4.57. The molecule has 1 amide bonds. The van der Waals surface area contributed by atoms with Gasteiger partial charge in [0.25, 0.3) is 5.91 Å². The van der Waals surface area contributed by atoms with Gasteiger partial charge in [0.15, 0.2) is 0 Å². The fourth-order valence-electron chi connectivity index (χ4n) is 1.95. The molecule has 0 aliphatic carbocycles. The van der Waals surface area contributed by atoms with Crippen LogP contribution in [0.4, 0.5) is 10.1 Å². The highest BCUT2D eigenvalue weighted by atomic mass is 79.9. The highest BCUT2D eigenvalue weighted by Gasteiger charge is 2.11. The molecule has 0 fully saturated rings. The molecule has 2 aromatic rings. The molecule has 0 aliphatic heterocycles. The van der Waals surface area contributed by atoms with E-state index in [-0.39, 0.29) is 11.7 Å². The first-order chi connectivity index (χ1) is 10.1. The predicted octanol–water partition coefficient (Wildman–Crippen LogP) is 5.17. The Morgan fingerprint density at radius 3 is 2.71 bits per heavy atom. The van der Waals surface area contributed by atoms with Gasteiger partial charge in [-0.2, -0.15) is 0 Å². The number of anilines is 1. The first kappa shape index (κ1) is 16.2. The minimum absolute atomic E-state index is 0.264. The van der Waals surface area contributed by atoms with E-state index < -0.39 is 0 Å². The van der Waals surface area contributed by atoms with Gasteiger partial charge in [-0.25, -0.2) is 4.39 Å². The van der Waals surface area contributed by atoms with E-state index in [9.17, 15) is 9.18 Å². The summed E-state index contributed by atoms with van der Waals surface area (Å²) < 4.78 is 13.5. The highest BCUT2D eigenvalue weighted by Crippen LogP contribution is 2.20. The van der Waals surface area contributed by atoms with E-state index in [1.165, 1.54) is 23.8 Å². The summed E-state index contributed by atoms with van der Waals surface area (Å²) in [6.45, 7) is 0. The molecule has 0 unspecified atom stereocenters. The summed E-state index contributed by atoms with van der Waals surface area (Å²) >= 11 is 6.61. The zero-order valence-electron chi connectivity index (χ0n) is 11.2.